The van der Waals surface area contributed by atoms with Gasteiger partial charge in [-0.15, -0.1) is 6.42 Å². The zero-order chi connectivity index (χ0) is 8.27. The van der Waals surface area contributed by atoms with Crippen molar-refractivity contribution in [1.82, 2.24) is 4.98 Å². The standard InChI is InChI=1S/C10H11N/c1-4-9-5-6-10(8(2)3)11-7-9/h1,5-8H,2-3H3. The van der Waals surface area contributed by atoms with E-state index in [1.807, 2.05) is 12.1 Å². The topological polar surface area (TPSA) is 12.9 Å². The van der Waals surface area contributed by atoms with Gasteiger partial charge in [0.15, 0.2) is 0 Å². The van der Waals surface area contributed by atoms with Crippen molar-refractivity contribution in [2.75, 3.05) is 0 Å². The Morgan fingerprint density at radius 2 is 2.18 bits per heavy atom. The molecule has 0 aliphatic carbocycles. The Labute approximate surface area is 67.5 Å². The van der Waals surface area contributed by atoms with Crippen LogP contribution in [0.1, 0.15) is 31.0 Å². The Kier molecular flexibility index (Phi) is 2.28. The molecule has 1 heteroatoms. The molecular weight excluding hydrogens is 134 g/mol. The molecule has 0 fully saturated rings. The minimum Gasteiger partial charge on any atom is -0.260 e. The van der Waals surface area contributed by atoms with Crippen LogP contribution in [-0.2, 0) is 0 Å². The first kappa shape index (κ1) is 7.81. The van der Waals surface area contributed by atoms with E-state index in [1.165, 1.54) is 0 Å². The van der Waals surface area contributed by atoms with Crippen molar-refractivity contribution >= 4 is 0 Å². The third kappa shape index (κ3) is 1.81. The van der Waals surface area contributed by atoms with E-state index in [0.717, 1.165) is 11.3 Å². The minimum atomic E-state index is 0.474. The van der Waals surface area contributed by atoms with Crippen LogP contribution >= 0.6 is 0 Å². The molecule has 0 aliphatic heterocycles. The van der Waals surface area contributed by atoms with Crippen LogP contribution in [0.5, 0.6) is 0 Å². The van der Waals surface area contributed by atoms with Gasteiger partial charge in [0.05, 0.1) is 0 Å². The van der Waals surface area contributed by atoms with Crippen LogP contribution in [0.25, 0.3) is 0 Å². The second kappa shape index (κ2) is 3.21. The SMILES string of the molecule is C#Cc1ccc(C(C)C)nc1. The van der Waals surface area contributed by atoms with Gasteiger partial charge in [-0.3, -0.25) is 4.98 Å². The van der Waals surface area contributed by atoms with Gasteiger partial charge >= 0.3 is 0 Å². The van der Waals surface area contributed by atoms with Crippen LogP contribution in [0.4, 0.5) is 0 Å². The van der Waals surface area contributed by atoms with E-state index in [4.69, 9.17) is 6.42 Å². The van der Waals surface area contributed by atoms with Crippen molar-refractivity contribution in [3.8, 4) is 12.3 Å². The maximum atomic E-state index is 5.19. The smallest absolute Gasteiger partial charge is 0.0429 e. The molecule has 0 saturated heterocycles. The lowest BCUT2D eigenvalue weighted by Crippen LogP contribution is -1.91. The van der Waals surface area contributed by atoms with Gasteiger partial charge in [-0.05, 0) is 18.1 Å². The van der Waals surface area contributed by atoms with E-state index >= 15 is 0 Å². The number of terminal acetylenes is 1. The molecule has 1 aromatic rings. The Hall–Kier alpha value is -1.29. The molecule has 1 aromatic heterocycles. The van der Waals surface area contributed by atoms with Crippen LogP contribution in [0.3, 0.4) is 0 Å². The molecule has 0 aliphatic rings. The zero-order valence-corrected chi connectivity index (χ0v) is 6.83. The number of hydrogen-bond donors (Lipinski definition) is 0. The Morgan fingerprint density at radius 1 is 1.45 bits per heavy atom. The second-order valence-corrected chi connectivity index (χ2v) is 2.77. The van der Waals surface area contributed by atoms with Gasteiger partial charge in [0, 0.05) is 17.5 Å². The highest BCUT2D eigenvalue weighted by molar-refractivity contribution is 5.30. The molecule has 0 saturated carbocycles. The lowest BCUT2D eigenvalue weighted by Gasteiger charge is -2.02. The second-order valence-electron chi connectivity index (χ2n) is 2.77. The number of rotatable bonds is 1. The fourth-order valence-corrected chi connectivity index (χ4v) is 0.832. The summed E-state index contributed by atoms with van der Waals surface area (Å²) in [5, 5.41) is 0. The molecule has 11 heavy (non-hydrogen) atoms. The van der Waals surface area contributed by atoms with Crippen LogP contribution in [0.15, 0.2) is 18.3 Å². The molecule has 0 spiro atoms. The number of hydrogen-bond acceptors (Lipinski definition) is 1. The number of pyridine rings is 1. The monoisotopic (exact) mass is 145 g/mol. The lowest BCUT2D eigenvalue weighted by atomic mass is 10.1. The zero-order valence-electron chi connectivity index (χ0n) is 6.83. The summed E-state index contributed by atoms with van der Waals surface area (Å²) in [6.07, 6.45) is 6.92. The molecule has 0 bridgehead atoms. The summed E-state index contributed by atoms with van der Waals surface area (Å²) in [6, 6.07) is 3.89. The molecule has 0 amide bonds. The van der Waals surface area contributed by atoms with Crippen molar-refractivity contribution in [3.05, 3.63) is 29.6 Å². The maximum Gasteiger partial charge on any atom is 0.0429 e. The lowest BCUT2D eigenvalue weighted by molar-refractivity contribution is 0.822. The average molecular weight is 145 g/mol. The summed E-state index contributed by atoms with van der Waals surface area (Å²) in [5.74, 6) is 3.00. The summed E-state index contributed by atoms with van der Waals surface area (Å²) in [6.45, 7) is 4.22. The van der Waals surface area contributed by atoms with E-state index in [2.05, 4.69) is 24.8 Å². The van der Waals surface area contributed by atoms with E-state index in [0.29, 0.717) is 5.92 Å². The van der Waals surface area contributed by atoms with Gasteiger partial charge in [0.1, 0.15) is 0 Å². The van der Waals surface area contributed by atoms with Gasteiger partial charge in [0.2, 0.25) is 0 Å². The summed E-state index contributed by atoms with van der Waals surface area (Å²) in [5.41, 5.74) is 1.93. The highest BCUT2D eigenvalue weighted by atomic mass is 14.7. The Morgan fingerprint density at radius 3 is 2.55 bits per heavy atom. The Bertz CT molecular complexity index is 264. The molecular formula is C10H11N. The fourth-order valence-electron chi connectivity index (χ4n) is 0.832. The van der Waals surface area contributed by atoms with Crippen molar-refractivity contribution in [2.45, 2.75) is 19.8 Å². The van der Waals surface area contributed by atoms with E-state index in [9.17, 15) is 0 Å². The summed E-state index contributed by atoms with van der Waals surface area (Å²) < 4.78 is 0. The highest BCUT2D eigenvalue weighted by Gasteiger charge is 1.98. The molecule has 1 nitrogen and oxygen atoms in total. The first-order valence-corrected chi connectivity index (χ1v) is 3.66. The minimum absolute atomic E-state index is 0.474. The summed E-state index contributed by atoms with van der Waals surface area (Å²) in [4.78, 5) is 4.21. The average Bonchev–Trinajstić information content (AvgIpc) is 2.05. The predicted molar refractivity (Wildman–Crippen MR) is 46.3 cm³/mol. The predicted octanol–water partition coefficient (Wildman–Crippen LogP) is 2.19. The van der Waals surface area contributed by atoms with Crippen molar-refractivity contribution in [1.29, 1.82) is 0 Å². The van der Waals surface area contributed by atoms with Crippen LogP contribution in [0, 0.1) is 12.3 Å². The van der Waals surface area contributed by atoms with Crippen LogP contribution in [-0.4, -0.2) is 4.98 Å². The van der Waals surface area contributed by atoms with E-state index < -0.39 is 0 Å². The molecule has 0 unspecified atom stereocenters. The maximum absolute atomic E-state index is 5.19. The quantitative estimate of drug-likeness (QED) is 0.552. The highest BCUT2D eigenvalue weighted by Crippen LogP contribution is 2.10. The molecule has 0 aromatic carbocycles. The largest absolute Gasteiger partial charge is 0.260 e. The molecule has 0 atom stereocenters. The number of nitrogens with zero attached hydrogens (tertiary/aromatic N) is 1. The first-order chi connectivity index (χ1) is 5.24. The van der Waals surface area contributed by atoms with Crippen molar-refractivity contribution < 1.29 is 0 Å². The van der Waals surface area contributed by atoms with E-state index in [-0.39, 0.29) is 0 Å². The molecule has 0 radical (unpaired) electrons. The van der Waals surface area contributed by atoms with Gasteiger partial charge < -0.3 is 0 Å². The van der Waals surface area contributed by atoms with Gasteiger partial charge in [0.25, 0.3) is 0 Å². The van der Waals surface area contributed by atoms with Crippen molar-refractivity contribution in [2.24, 2.45) is 0 Å². The Balaban J connectivity index is 2.94. The van der Waals surface area contributed by atoms with Gasteiger partial charge in [-0.25, -0.2) is 0 Å². The third-order valence-corrected chi connectivity index (χ3v) is 1.54. The van der Waals surface area contributed by atoms with Crippen LogP contribution < -0.4 is 0 Å². The van der Waals surface area contributed by atoms with Crippen LogP contribution in [0.2, 0.25) is 0 Å². The van der Waals surface area contributed by atoms with Gasteiger partial charge in [-0.1, -0.05) is 19.8 Å². The first-order valence-electron chi connectivity index (χ1n) is 3.66. The molecule has 1 rings (SSSR count). The fraction of sp³-hybridized carbons (Fsp3) is 0.300. The number of aromatic nitrogens is 1. The summed E-state index contributed by atoms with van der Waals surface area (Å²) in [7, 11) is 0. The van der Waals surface area contributed by atoms with E-state index in [1.54, 1.807) is 6.20 Å². The normalized spacial score (nSPS) is 9.64. The van der Waals surface area contributed by atoms with Gasteiger partial charge in [-0.2, -0.15) is 0 Å². The molecule has 1 heterocycles. The molecule has 0 N–H and O–H groups in total. The third-order valence-electron chi connectivity index (χ3n) is 1.54. The van der Waals surface area contributed by atoms with Crippen molar-refractivity contribution in [3.63, 3.8) is 0 Å². The summed E-state index contributed by atoms with van der Waals surface area (Å²) >= 11 is 0. The molecule has 56 valence electrons.